The van der Waals surface area contributed by atoms with Crippen LogP contribution in [0, 0.1) is 11.3 Å². The molecule has 0 spiro atoms. The minimum absolute atomic E-state index is 0.186. The molecule has 0 saturated heterocycles. The van der Waals surface area contributed by atoms with Gasteiger partial charge in [0.05, 0.1) is 17.2 Å². The van der Waals surface area contributed by atoms with Crippen LogP contribution >= 0.6 is 0 Å². The van der Waals surface area contributed by atoms with E-state index in [1.807, 2.05) is 12.1 Å². The van der Waals surface area contributed by atoms with E-state index in [-0.39, 0.29) is 18.9 Å². The first-order chi connectivity index (χ1) is 12.6. The number of nitriles is 1. The molecule has 0 unspecified atom stereocenters. The maximum Gasteiger partial charge on any atom is 0.338 e. The van der Waals surface area contributed by atoms with Crippen LogP contribution in [0.1, 0.15) is 28.4 Å². The van der Waals surface area contributed by atoms with Gasteiger partial charge in [-0.25, -0.2) is 4.79 Å². The third-order valence-corrected chi connectivity index (χ3v) is 3.78. The molecule has 2 aromatic carbocycles. The SMILES string of the molecule is C[C@@H](OC(=O)c1cccc(C#N)c1)C(=O)NCc1ccc2c(c1)OCO2. The van der Waals surface area contributed by atoms with Gasteiger partial charge in [-0.15, -0.1) is 0 Å². The second-order valence-corrected chi connectivity index (χ2v) is 5.65. The van der Waals surface area contributed by atoms with E-state index in [9.17, 15) is 9.59 Å². The highest BCUT2D eigenvalue weighted by Crippen LogP contribution is 2.32. The van der Waals surface area contributed by atoms with Crippen LogP contribution in [-0.2, 0) is 16.1 Å². The summed E-state index contributed by atoms with van der Waals surface area (Å²) in [4.78, 5) is 24.2. The highest BCUT2D eigenvalue weighted by atomic mass is 16.7. The van der Waals surface area contributed by atoms with E-state index in [1.165, 1.54) is 19.1 Å². The fourth-order valence-corrected chi connectivity index (χ4v) is 2.38. The summed E-state index contributed by atoms with van der Waals surface area (Å²) in [6, 6.07) is 13.4. The van der Waals surface area contributed by atoms with E-state index in [4.69, 9.17) is 19.5 Å². The van der Waals surface area contributed by atoms with Gasteiger partial charge in [0.15, 0.2) is 17.6 Å². The molecule has 1 atom stereocenters. The molecule has 0 bridgehead atoms. The first-order valence-corrected chi connectivity index (χ1v) is 7.94. The number of nitrogens with one attached hydrogen (secondary N) is 1. The number of esters is 1. The Morgan fingerprint density at radius 2 is 2.04 bits per heavy atom. The number of ether oxygens (including phenoxy) is 3. The first kappa shape index (κ1) is 17.3. The smallest absolute Gasteiger partial charge is 0.338 e. The highest BCUT2D eigenvalue weighted by Gasteiger charge is 2.19. The lowest BCUT2D eigenvalue weighted by Gasteiger charge is -2.14. The summed E-state index contributed by atoms with van der Waals surface area (Å²) in [6.07, 6.45) is -0.970. The molecule has 7 nitrogen and oxygen atoms in total. The second kappa shape index (κ2) is 7.57. The summed E-state index contributed by atoms with van der Waals surface area (Å²) in [7, 11) is 0. The average Bonchev–Trinajstić information content (AvgIpc) is 3.13. The predicted molar refractivity (Wildman–Crippen MR) is 90.4 cm³/mol. The number of benzene rings is 2. The van der Waals surface area contributed by atoms with Crippen molar-refractivity contribution >= 4 is 11.9 Å². The normalized spacial score (nSPS) is 12.8. The number of amides is 1. The lowest BCUT2D eigenvalue weighted by atomic mass is 10.1. The Balaban J connectivity index is 1.54. The van der Waals surface area contributed by atoms with E-state index in [1.54, 1.807) is 24.3 Å². The van der Waals surface area contributed by atoms with Crippen LogP contribution in [0.5, 0.6) is 11.5 Å². The molecule has 0 fully saturated rings. The van der Waals surface area contributed by atoms with Crippen molar-refractivity contribution in [1.82, 2.24) is 5.32 Å². The van der Waals surface area contributed by atoms with Crippen molar-refractivity contribution in [3.8, 4) is 17.6 Å². The van der Waals surface area contributed by atoms with Gasteiger partial charge in [0.25, 0.3) is 5.91 Å². The van der Waals surface area contributed by atoms with E-state index in [0.717, 1.165) is 5.56 Å². The van der Waals surface area contributed by atoms with Crippen molar-refractivity contribution < 1.29 is 23.8 Å². The summed E-state index contributed by atoms with van der Waals surface area (Å²) in [5.74, 6) is 0.218. The van der Waals surface area contributed by atoms with Gasteiger partial charge in [-0.1, -0.05) is 12.1 Å². The Morgan fingerprint density at radius 1 is 1.23 bits per heavy atom. The van der Waals surface area contributed by atoms with Crippen LogP contribution in [-0.4, -0.2) is 24.8 Å². The molecule has 1 aliphatic rings. The molecule has 1 heterocycles. The van der Waals surface area contributed by atoms with Crippen LogP contribution in [0.4, 0.5) is 0 Å². The third-order valence-electron chi connectivity index (χ3n) is 3.78. The van der Waals surface area contributed by atoms with Gasteiger partial charge in [0.2, 0.25) is 6.79 Å². The van der Waals surface area contributed by atoms with Gasteiger partial charge in [-0.05, 0) is 42.8 Å². The summed E-state index contributed by atoms with van der Waals surface area (Å²) < 4.78 is 15.7. The van der Waals surface area contributed by atoms with E-state index < -0.39 is 18.0 Å². The zero-order chi connectivity index (χ0) is 18.5. The van der Waals surface area contributed by atoms with E-state index in [0.29, 0.717) is 17.1 Å². The van der Waals surface area contributed by atoms with Crippen LogP contribution in [0.3, 0.4) is 0 Å². The number of carbonyl (C=O) groups is 2. The standard InChI is InChI=1S/C19H16N2O5/c1-12(26-19(23)15-4-2-3-13(7-15)9-20)18(22)21-10-14-5-6-16-17(8-14)25-11-24-16/h2-8,12H,10-11H2,1H3,(H,21,22)/t12-/m1/s1. The monoisotopic (exact) mass is 352 g/mol. The Morgan fingerprint density at radius 3 is 2.85 bits per heavy atom. The molecule has 0 saturated carbocycles. The maximum atomic E-state index is 12.1. The van der Waals surface area contributed by atoms with E-state index in [2.05, 4.69) is 5.32 Å². The summed E-state index contributed by atoms with van der Waals surface area (Å²) in [5, 5.41) is 11.6. The van der Waals surface area contributed by atoms with Crippen molar-refractivity contribution in [2.75, 3.05) is 6.79 Å². The van der Waals surface area contributed by atoms with Crippen molar-refractivity contribution in [2.24, 2.45) is 0 Å². The van der Waals surface area contributed by atoms with E-state index >= 15 is 0 Å². The zero-order valence-electron chi connectivity index (χ0n) is 14.0. The van der Waals surface area contributed by atoms with Gasteiger partial charge < -0.3 is 19.5 Å². The fraction of sp³-hybridized carbons (Fsp3) is 0.211. The quantitative estimate of drug-likeness (QED) is 0.828. The summed E-state index contributed by atoms with van der Waals surface area (Å²) >= 11 is 0. The summed E-state index contributed by atoms with van der Waals surface area (Å²) in [6.45, 7) is 1.94. The number of fused-ring (bicyclic) bond motifs is 1. The fourth-order valence-electron chi connectivity index (χ4n) is 2.38. The average molecular weight is 352 g/mol. The molecule has 7 heteroatoms. The Labute approximate surface area is 150 Å². The number of carbonyl (C=O) groups excluding carboxylic acids is 2. The molecule has 26 heavy (non-hydrogen) atoms. The van der Waals surface area contributed by atoms with Crippen molar-refractivity contribution in [3.63, 3.8) is 0 Å². The first-order valence-electron chi connectivity index (χ1n) is 7.94. The number of rotatable bonds is 5. The van der Waals surface area contributed by atoms with Crippen molar-refractivity contribution in [3.05, 3.63) is 59.2 Å². The Kier molecular flexibility index (Phi) is 5.04. The zero-order valence-corrected chi connectivity index (χ0v) is 14.0. The minimum Gasteiger partial charge on any atom is -0.454 e. The van der Waals surface area contributed by atoms with Crippen LogP contribution in [0.25, 0.3) is 0 Å². The molecule has 1 N–H and O–H groups in total. The lowest BCUT2D eigenvalue weighted by molar-refractivity contribution is -0.129. The third kappa shape index (κ3) is 3.92. The second-order valence-electron chi connectivity index (χ2n) is 5.65. The Bertz CT molecular complexity index is 888. The highest BCUT2D eigenvalue weighted by molar-refractivity contribution is 5.92. The van der Waals surface area contributed by atoms with Gasteiger partial charge in [-0.3, -0.25) is 4.79 Å². The van der Waals surface area contributed by atoms with Gasteiger partial charge in [0.1, 0.15) is 0 Å². The van der Waals surface area contributed by atoms with Gasteiger partial charge in [-0.2, -0.15) is 5.26 Å². The summed E-state index contributed by atoms with van der Waals surface area (Å²) in [5.41, 5.74) is 1.40. The molecular formula is C19H16N2O5. The van der Waals surface area contributed by atoms with Crippen molar-refractivity contribution in [1.29, 1.82) is 5.26 Å². The number of hydrogen-bond donors (Lipinski definition) is 1. The molecule has 3 rings (SSSR count). The molecular weight excluding hydrogens is 336 g/mol. The van der Waals surface area contributed by atoms with Crippen LogP contribution in [0.2, 0.25) is 0 Å². The molecule has 1 amide bonds. The molecule has 0 radical (unpaired) electrons. The topological polar surface area (TPSA) is 97.7 Å². The molecule has 0 aromatic heterocycles. The van der Waals surface area contributed by atoms with Crippen LogP contribution < -0.4 is 14.8 Å². The molecule has 132 valence electrons. The molecule has 2 aromatic rings. The maximum absolute atomic E-state index is 12.1. The largest absolute Gasteiger partial charge is 0.454 e. The molecule has 1 aliphatic heterocycles. The lowest BCUT2D eigenvalue weighted by Crippen LogP contribution is -2.35. The van der Waals surface area contributed by atoms with Gasteiger partial charge >= 0.3 is 5.97 Å². The molecule has 0 aliphatic carbocycles. The van der Waals surface area contributed by atoms with Crippen LogP contribution in [0.15, 0.2) is 42.5 Å². The number of nitrogens with zero attached hydrogens (tertiary/aromatic N) is 1. The van der Waals surface area contributed by atoms with Gasteiger partial charge in [0, 0.05) is 6.54 Å². The Hall–Kier alpha value is -3.53. The minimum atomic E-state index is -0.970. The van der Waals surface area contributed by atoms with Crippen molar-refractivity contribution in [2.45, 2.75) is 19.6 Å². The predicted octanol–water partition coefficient (Wildman–Crippen LogP) is 2.15. The number of hydrogen-bond acceptors (Lipinski definition) is 6.